The van der Waals surface area contributed by atoms with Gasteiger partial charge in [0.25, 0.3) is 5.56 Å². The summed E-state index contributed by atoms with van der Waals surface area (Å²) in [6, 6.07) is 22.3. The normalized spacial score (nSPS) is 16.1. The Hall–Kier alpha value is -4.15. The number of allylic oxidation sites excluding steroid dienone is 1. The van der Waals surface area contributed by atoms with Gasteiger partial charge in [-0.1, -0.05) is 72.8 Å². The van der Waals surface area contributed by atoms with E-state index < -0.39 is 0 Å². The van der Waals surface area contributed by atoms with Crippen LogP contribution in [0.4, 0.5) is 5.82 Å². The van der Waals surface area contributed by atoms with Crippen LogP contribution in [-0.2, 0) is 13.1 Å². The monoisotopic (exact) mass is 464 g/mol. The summed E-state index contributed by atoms with van der Waals surface area (Å²) in [5, 5.41) is 10.1. The van der Waals surface area contributed by atoms with E-state index in [4.69, 9.17) is 5.73 Å². The quantitative estimate of drug-likeness (QED) is 0.469. The number of fused-ring (bicyclic) bond motifs is 1. The van der Waals surface area contributed by atoms with Crippen molar-refractivity contribution in [3.05, 3.63) is 100 Å². The standard InChI is InChI=1S/C28H28N6O/c29-17-24-25-26(28(35)33(20-31-25)16-7-13-21-9-3-1-4-10-21)34(18-22-11-5-2-6-12-22)27(24)32-15-8-14-23(30)19-32/h1-7,9-13,20,23H,8,14-16,18-19,30H2. The summed E-state index contributed by atoms with van der Waals surface area (Å²) in [5.74, 6) is 0.740. The zero-order valence-electron chi connectivity index (χ0n) is 19.5. The molecule has 0 bridgehead atoms. The lowest BCUT2D eigenvalue weighted by Gasteiger charge is -2.33. The summed E-state index contributed by atoms with van der Waals surface area (Å²) in [4.78, 5) is 20.5. The Labute approximate surface area is 204 Å². The second-order valence-corrected chi connectivity index (χ2v) is 8.94. The van der Waals surface area contributed by atoms with Gasteiger partial charge in [0.2, 0.25) is 0 Å². The van der Waals surface area contributed by atoms with Crippen LogP contribution in [0.3, 0.4) is 0 Å². The van der Waals surface area contributed by atoms with Crippen molar-refractivity contribution in [2.75, 3.05) is 18.0 Å². The van der Waals surface area contributed by atoms with Crippen LogP contribution in [0, 0.1) is 11.3 Å². The van der Waals surface area contributed by atoms with Gasteiger partial charge in [0.15, 0.2) is 0 Å². The highest BCUT2D eigenvalue weighted by atomic mass is 16.1. The summed E-state index contributed by atoms with van der Waals surface area (Å²) in [7, 11) is 0. The predicted octanol–water partition coefficient (Wildman–Crippen LogP) is 3.76. The number of nitriles is 1. The Morgan fingerprint density at radius 1 is 1.11 bits per heavy atom. The van der Waals surface area contributed by atoms with Gasteiger partial charge < -0.3 is 15.2 Å². The average molecular weight is 465 g/mol. The Morgan fingerprint density at radius 3 is 2.57 bits per heavy atom. The first-order valence-corrected chi connectivity index (χ1v) is 11.9. The van der Waals surface area contributed by atoms with Crippen molar-refractivity contribution in [1.29, 1.82) is 5.26 Å². The van der Waals surface area contributed by atoms with Gasteiger partial charge in [-0.25, -0.2) is 4.98 Å². The van der Waals surface area contributed by atoms with Gasteiger partial charge in [0.1, 0.15) is 28.5 Å². The molecule has 1 saturated heterocycles. The predicted molar refractivity (Wildman–Crippen MR) is 139 cm³/mol. The Morgan fingerprint density at radius 2 is 1.86 bits per heavy atom. The number of benzene rings is 2. The first-order chi connectivity index (χ1) is 17.2. The van der Waals surface area contributed by atoms with Gasteiger partial charge in [-0.3, -0.25) is 9.36 Å². The maximum Gasteiger partial charge on any atom is 0.278 e. The first kappa shape index (κ1) is 22.6. The van der Waals surface area contributed by atoms with Crippen LogP contribution in [0.2, 0.25) is 0 Å². The number of nitrogens with zero attached hydrogens (tertiary/aromatic N) is 5. The van der Waals surface area contributed by atoms with Crippen molar-refractivity contribution in [2.45, 2.75) is 32.0 Å². The molecule has 1 unspecified atom stereocenters. The van der Waals surface area contributed by atoms with E-state index in [0.29, 0.717) is 36.2 Å². The van der Waals surface area contributed by atoms with Crippen LogP contribution in [0.15, 0.2) is 77.9 Å². The zero-order valence-corrected chi connectivity index (χ0v) is 19.5. The molecule has 35 heavy (non-hydrogen) atoms. The van der Waals surface area contributed by atoms with E-state index in [2.05, 4.69) is 16.0 Å². The molecule has 0 radical (unpaired) electrons. The lowest BCUT2D eigenvalue weighted by Crippen LogP contribution is -2.44. The molecule has 0 saturated carbocycles. The minimum Gasteiger partial charge on any atom is -0.355 e. The van der Waals surface area contributed by atoms with E-state index in [1.807, 2.05) is 77.4 Å². The number of anilines is 1. The van der Waals surface area contributed by atoms with Crippen LogP contribution in [-0.4, -0.2) is 33.2 Å². The zero-order chi connectivity index (χ0) is 24.2. The molecule has 1 aliphatic rings. The summed E-state index contributed by atoms with van der Waals surface area (Å²) >= 11 is 0. The van der Waals surface area contributed by atoms with Gasteiger partial charge in [-0.05, 0) is 24.0 Å². The molecule has 4 aromatic rings. The van der Waals surface area contributed by atoms with E-state index >= 15 is 0 Å². The molecule has 1 atom stereocenters. The lowest BCUT2D eigenvalue weighted by atomic mass is 10.1. The number of piperidine rings is 1. The van der Waals surface area contributed by atoms with Crippen molar-refractivity contribution < 1.29 is 0 Å². The van der Waals surface area contributed by atoms with E-state index in [1.54, 1.807) is 10.9 Å². The third-order valence-electron chi connectivity index (χ3n) is 6.46. The lowest BCUT2D eigenvalue weighted by molar-refractivity contribution is 0.498. The minimum absolute atomic E-state index is 0.0335. The third kappa shape index (κ3) is 4.61. The van der Waals surface area contributed by atoms with Crippen LogP contribution in [0.1, 0.15) is 29.5 Å². The fraction of sp³-hybridized carbons (Fsp3) is 0.250. The topological polar surface area (TPSA) is 92.9 Å². The summed E-state index contributed by atoms with van der Waals surface area (Å²) < 4.78 is 3.56. The van der Waals surface area contributed by atoms with E-state index in [1.165, 1.54) is 0 Å². The molecule has 3 heterocycles. The van der Waals surface area contributed by atoms with Gasteiger partial charge >= 0.3 is 0 Å². The average Bonchev–Trinajstić information content (AvgIpc) is 3.20. The molecule has 5 rings (SSSR count). The minimum atomic E-state index is -0.160. The van der Waals surface area contributed by atoms with Crippen LogP contribution < -0.4 is 16.2 Å². The van der Waals surface area contributed by atoms with E-state index in [9.17, 15) is 10.1 Å². The molecule has 0 amide bonds. The number of hydrogen-bond acceptors (Lipinski definition) is 5. The molecule has 2 N–H and O–H groups in total. The highest BCUT2D eigenvalue weighted by Crippen LogP contribution is 2.32. The Bertz CT molecular complexity index is 1450. The number of aromatic nitrogens is 3. The van der Waals surface area contributed by atoms with Gasteiger partial charge in [-0.2, -0.15) is 5.26 Å². The SMILES string of the molecule is N#Cc1c(N2CCCC(N)C2)n(Cc2ccccc2)c2c(=O)n(CC=Cc3ccccc3)cnc12. The summed E-state index contributed by atoms with van der Waals surface area (Å²) in [5.41, 5.74) is 9.59. The van der Waals surface area contributed by atoms with Crippen molar-refractivity contribution >= 4 is 22.9 Å². The molecule has 0 spiro atoms. The molecular formula is C28H28N6O. The Kier molecular flexibility index (Phi) is 6.47. The molecule has 2 aromatic heterocycles. The number of rotatable bonds is 6. The summed E-state index contributed by atoms with van der Waals surface area (Å²) in [6.45, 7) is 2.30. The van der Waals surface area contributed by atoms with Crippen molar-refractivity contribution in [3.8, 4) is 6.07 Å². The highest BCUT2D eigenvalue weighted by molar-refractivity contribution is 5.89. The fourth-order valence-electron chi connectivity index (χ4n) is 4.80. The van der Waals surface area contributed by atoms with Crippen molar-refractivity contribution in [3.63, 3.8) is 0 Å². The Balaban J connectivity index is 1.63. The van der Waals surface area contributed by atoms with Gasteiger partial charge in [-0.15, -0.1) is 0 Å². The smallest absolute Gasteiger partial charge is 0.278 e. The number of nitrogens with two attached hydrogens (primary N) is 1. The van der Waals surface area contributed by atoms with E-state index in [0.717, 1.165) is 36.3 Å². The van der Waals surface area contributed by atoms with Gasteiger partial charge in [0, 0.05) is 32.2 Å². The second kappa shape index (κ2) is 10.00. The molecule has 0 aliphatic carbocycles. The fourth-order valence-corrected chi connectivity index (χ4v) is 4.80. The van der Waals surface area contributed by atoms with Crippen LogP contribution in [0.25, 0.3) is 17.1 Å². The van der Waals surface area contributed by atoms with Crippen LogP contribution >= 0.6 is 0 Å². The summed E-state index contributed by atoms with van der Waals surface area (Å²) in [6.07, 6.45) is 7.38. The third-order valence-corrected chi connectivity index (χ3v) is 6.46. The molecular weight excluding hydrogens is 436 g/mol. The first-order valence-electron chi connectivity index (χ1n) is 11.9. The van der Waals surface area contributed by atoms with Crippen LogP contribution in [0.5, 0.6) is 0 Å². The molecule has 176 valence electrons. The molecule has 1 aliphatic heterocycles. The van der Waals surface area contributed by atoms with Crippen molar-refractivity contribution in [2.24, 2.45) is 5.73 Å². The molecule has 1 fully saturated rings. The number of hydrogen-bond donors (Lipinski definition) is 1. The largest absolute Gasteiger partial charge is 0.355 e. The highest BCUT2D eigenvalue weighted by Gasteiger charge is 2.28. The van der Waals surface area contributed by atoms with Crippen molar-refractivity contribution in [1.82, 2.24) is 14.1 Å². The second-order valence-electron chi connectivity index (χ2n) is 8.94. The molecule has 7 nitrogen and oxygen atoms in total. The molecule has 2 aromatic carbocycles. The maximum atomic E-state index is 13.7. The van der Waals surface area contributed by atoms with Gasteiger partial charge in [0.05, 0.1) is 6.33 Å². The molecule has 7 heteroatoms. The van der Waals surface area contributed by atoms with E-state index in [-0.39, 0.29) is 11.6 Å². The maximum absolute atomic E-state index is 13.7.